The van der Waals surface area contributed by atoms with E-state index in [1.54, 1.807) is 6.07 Å². The van der Waals surface area contributed by atoms with Crippen molar-refractivity contribution in [3.8, 4) is 0 Å². The van der Waals surface area contributed by atoms with Crippen LogP contribution in [0.4, 0.5) is 5.69 Å². The van der Waals surface area contributed by atoms with E-state index in [4.69, 9.17) is 11.5 Å². The number of guanidine groups is 1. The fraction of sp³-hybridized carbons (Fsp3) is 0.429. The fourth-order valence-electron chi connectivity index (χ4n) is 2.51. The third-order valence-corrected chi connectivity index (χ3v) is 4.66. The van der Waals surface area contributed by atoms with Gasteiger partial charge in [0.15, 0.2) is 15.8 Å². The topological polar surface area (TPSA) is 119 Å². The Hall–Kier alpha value is -1.80. The van der Waals surface area contributed by atoms with Gasteiger partial charge in [0.05, 0.1) is 10.5 Å². The van der Waals surface area contributed by atoms with E-state index >= 15 is 0 Å². The van der Waals surface area contributed by atoms with Gasteiger partial charge in [0.1, 0.15) is 0 Å². The lowest BCUT2D eigenvalue weighted by Gasteiger charge is -2.30. The number of carbonyl (C=O) groups is 1. The summed E-state index contributed by atoms with van der Waals surface area (Å²) in [4.78, 5) is 17.9. The standard InChI is InChI=1S/C14H20N4O3S.ClH/c1-22(20,21)10-5-6-12(18-7-3-2-4-8-18)11(9-10)13(19)17-14(15)16;/h5-6,9H,2-4,7-8H2,1H3,(H4,15,16,17,19);1H. The maximum atomic E-state index is 12.2. The van der Waals surface area contributed by atoms with Gasteiger partial charge in [-0.15, -0.1) is 12.4 Å². The molecule has 1 aliphatic heterocycles. The minimum absolute atomic E-state index is 0. The lowest BCUT2D eigenvalue weighted by atomic mass is 10.1. The smallest absolute Gasteiger partial charge is 0.282 e. The highest BCUT2D eigenvalue weighted by atomic mass is 35.5. The number of halogens is 1. The van der Waals surface area contributed by atoms with Crippen molar-refractivity contribution in [2.45, 2.75) is 24.2 Å². The minimum Gasteiger partial charge on any atom is -0.371 e. The second-order valence-electron chi connectivity index (χ2n) is 5.34. The highest BCUT2D eigenvalue weighted by Crippen LogP contribution is 2.27. The summed E-state index contributed by atoms with van der Waals surface area (Å²) in [6.07, 6.45) is 4.31. The molecule has 23 heavy (non-hydrogen) atoms. The summed E-state index contributed by atoms with van der Waals surface area (Å²) in [6.45, 7) is 1.64. The lowest BCUT2D eigenvalue weighted by Crippen LogP contribution is -2.31. The third-order valence-electron chi connectivity index (χ3n) is 3.55. The average Bonchev–Trinajstić information content (AvgIpc) is 2.46. The number of amides is 1. The van der Waals surface area contributed by atoms with Gasteiger partial charge in [-0.25, -0.2) is 8.42 Å². The highest BCUT2D eigenvalue weighted by molar-refractivity contribution is 7.90. The Bertz CT molecular complexity index is 709. The van der Waals surface area contributed by atoms with E-state index in [1.807, 2.05) is 0 Å². The molecule has 1 heterocycles. The summed E-state index contributed by atoms with van der Waals surface area (Å²) in [5.41, 5.74) is 11.4. The van der Waals surface area contributed by atoms with Crippen molar-refractivity contribution in [2.24, 2.45) is 16.5 Å². The van der Waals surface area contributed by atoms with Gasteiger partial charge in [0.25, 0.3) is 5.91 Å². The Morgan fingerprint density at radius 1 is 1.17 bits per heavy atom. The molecule has 128 valence electrons. The van der Waals surface area contributed by atoms with Crippen molar-refractivity contribution >= 4 is 39.8 Å². The third kappa shape index (κ3) is 4.84. The molecule has 0 aliphatic carbocycles. The maximum absolute atomic E-state index is 12.2. The van der Waals surface area contributed by atoms with Gasteiger partial charge in [-0.2, -0.15) is 4.99 Å². The zero-order valence-electron chi connectivity index (χ0n) is 12.9. The first kappa shape index (κ1) is 19.2. The van der Waals surface area contributed by atoms with Crippen molar-refractivity contribution in [3.05, 3.63) is 23.8 Å². The predicted molar refractivity (Wildman–Crippen MR) is 93.0 cm³/mol. The molecule has 0 spiro atoms. The summed E-state index contributed by atoms with van der Waals surface area (Å²) in [5, 5.41) is 0. The van der Waals surface area contributed by atoms with E-state index in [2.05, 4.69) is 9.89 Å². The summed E-state index contributed by atoms with van der Waals surface area (Å²) in [7, 11) is -3.42. The van der Waals surface area contributed by atoms with Gasteiger partial charge in [0.2, 0.25) is 0 Å². The van der Waals surface area contributed by atoms with Crippen molar-refractivity contribution in [1.82, 2.24) is 0 Å². The molecule has 1 saturated heterocycles. The van der Waals surface area contributed by atoms with Crippen LogP contribution < -0.4 is 16.4 Å². The van der Waals surface area contributed by atoms with Crippen LogP contribution in [-0.4, -0.2) is 39.6 Å². The van der Waals surface area contributed by atoms with Crippen molar-refractivity contribution < 1.29 is 13.2 Å². The average molecular weight is 361 g/mol. The van der Waals surface area contributed by atoms with Crippen LogP contribution in [0.1, 0.15) is 29.6 Å². The second-order valence-corrected chi connectivity index (χ2v) is 7.36. The van der Waals surface area contributed by atoms with Gasteiger partial charge in [0, 0.05) is 25.0 Å². The number of rotatable bonds is 3. The quantitative estimate of drug-likeness (QED) is 0.611. The van der Waals surface area contributed by atoms with Gasteiger partial charge in [-0.3, -0.25) is 4.79 Å². The van der Waals surface area contributed by atoms with Crippen LogP contribution in [0.25, 0.3) is 0 Å². The van der Waals surface area contributed by atoms with Crippen molar-refractivity contribution in [1.29, 1.82) is 0 Å². The molecule has 0 unspecified atom stereocenters. The van der Waals surface area contributed by atoms with Crippen molar-refractivity contribution in [2.75, 3.05) is 24.2 Å². The number of hydrogen-bond acceptors (Lipinski definition) is 4. The summed E-state index contributed by atoms with van der Waals surface area (Å²) >= 11 is 0. The van der Waals surface area contributed by atoms with Gasteiger partial charge in [-0.1, -0.05) is 0 Å². The zero-order chi connectivity index (χ0) is 16.3. The Morgan fingerprint density at radius 2 is 1.78 bits per heavy atom. The van der Waals surface area contributed by atoms with E-state index in [-0.39, 0.29) is 28.8 Å². The number of carbonyl (C=O) groups excluding carboxylic acids is 1. The van der Waals surface area contributed by atoms with Crippen molar-refractivity contribution in [3.63, 3.8) is 0 Å². The highest BCUT2D eigenvalue weighted by Gasteiger charge is 2.21. The lowest BCUT2D eigenvalue weighted by molar-refractivity contribution is 0.100. The first-order chi connectivity index (χ1) is 10.3. The van der Waals surface area contributed by atoms with Crippen LogP contribution >= 0.6 is 12.4 Å². The molecule has 4 N–H and O–H groups in total. The number of hydrogen-bond donors (Lipinski definition) is 2. The SMILES string of the molecule is CS(=O)(=O)c1ccc(N2CCCCC2)c(C(=O)N=C(N)N)c1.Cl. The Balaban J connectivity index is 0.00000264. The normalized spacial score (nSPS) is 14.7. The van der Waals surface area contributed by atoms with E-state index in [1.165, 1.54) is 12.1 Å². The molecule has 1 fully saturated rings. The Labute approximate surface area is 142 Å². The molecule has 9 heteroatoms. The van der Waals surface area contributed by atoms with E-state index in [0.717, 1.165) is 38.6 Å². The number of anilines is 1. The van der Waals surface area contributed by atoms with Crippen LogP contribution in [-0.2, 0) is 9.84 Å². The number of sulfone groups is 1. The molecule has 1 aromatic rings. The summed E-state index contributed by atoms with van der Waals surface area (Å²) in [6, 6.07) is 4.50. The van der Waals surface area contributed by atoms with E-state index in [0.29, 0.717) is 5.69 Å². The fourth-order valence-corrected chi connectivity index (χ4v) is 3.15. The van der Waals surface area contributed by atoms with Crippen LogP contribution in [0.3, 0.4) is 0 Å². The van der Waals surface area contributed by atoms with E-state index < -0.39 is 15.7 Å². The largest absolute Gasteiger partial charge is 0.371 e. The van der Waals surface area contributed by atoms with Crippen LogP contribution in [0.5, 0.6) is 0 Å². The Kier molecular flexibility index (Phi) is 6.40. The monoisotopic (exact) mass is 360 g/mol. The molecular formula is C14H21ClN4O3S. The molecule has 0 aromatic heterocycles. The number of nitrogens with two attached hydrogens (primary N) is 2. The number of piperidine rings is 1. The van der Waals surface area contributed by atoms with Crippen LogP contribution in [0.2, 0.25) is 0 Å². The molecule has 1 aromatic carbocycles. The zero-order valence-corrected chi connectivity index (χ0v) is 14.5. The number of nitrogens with zero attached hydrogens (tertiary/aromatic N) is 2. The Morgan fingerprint density at radius 3 is 2.30 bits per heavy atom. The van der Waals surface area contributed by atoms with Gasteiger partial charge < -0.3 is 16.4 Å². The van der Waals surface area contributed by atoms with Crippen LogP contribution in [0.15, 0.2) is 28.1 Å². The molecular weight excluding hydrogens is 340 g/mol. The first-order valence-electron chi connectivity index (χ1n) is 7.02. The minimum atomic E-state index is -3.42. The molecule has 0 saturated carbocycles. The van der Waals surface area contributed by atoms with Crippen LogP contribution in [0, 0.1) is 0 Å². The predicted octanol–water partition coefficient (Wildman–Crippen LogP) is 0.916. The summed E-state index contributed by atoms with van der Waals surface area (Å²) in [5.74, 6) is -0.981. The summed E-state index contributed by atoms with van der Waals surface area (Å²) < 4.78 is 23.4. The van der Waals surface area contributed by atoms with Gasteiger partial charge >= 0.3 is 0 Å². The molecule has 0 bridgehead atoms. The maximum Gasteiger partial charge on any atom is 0.282 e. The number of aliphatic imine (C=N–C) groups is 1. The molecule has 2 rings (SSSR count). The van der Waals surface area contributed by atoms with Gasteiger partial charge in [-0.05, 0) is 37.5 Å². The molecule has 1 amide bonds. The van der Waals surface area contributed by atoms with E-state index in [9.17, 15) is 13.2 Å². The molecule has 0 atom stereocenters. The second kappa shape index (κ2) is 7.65. The first-order valence-corrected chi connectivity index (χ1v) is 8.91. The molecule has 1 aliphatic rings. The molecule has 0 radical (unpaired) electrons. The number of benzene rings is 1. The molecule has 7 nitrogen and oxygen atoms in total.